The van der Waals surface area contributed by atoms with Gasteiger partial charge in [-0.25, -0.2) is 0 Å². The van der Waals surface area contributed by atoms with Crippen molar-refractivity contribution in [2.24, 2.45) is 0 Å². The minimum Gasteiger partial charge on any atom is -0.310 e. The highest BCUT2D eigenvalue weighted by Gasteiger charge is 2.19. The molecule has 0 radical (unpaired) electrons. The first-order valence-corrected chi connectivity index (χ1v) is 7.08. The molecule has 0 aliphatic heterocycles. The van der Waals surface area contributed by atoms with Crippen LogP contribution in [-0.2, 0) is 6.54 Å². The van der Waals surface area contributed by atoms with E-state index in [1.807, 2.05) is 11.3 Å². The highest BCUT2D eigenvalue weighted by molar-refractivity contribution is 7.10. The Morgan fingerprint density at radius 1 is 1.18 bits per heavy atom. The summed E-state index contributed by atoms with van der Waals surface area (Å²) in [5.74, 6) is 0. The summed E-state index contributed by atoms with van der Waals surface area (Å²) >= 11 is 1.81. The van der Waals surface area contributed by atoms with Crippen LogP contribution in [0.1, 0.15) is 23.3 Å². The molecule has 0 unspecified atom stereocenters. The quantitative estimate of drug-likeness (QED) is 0.856. The van der Waals surface area contributed by atoms with Gasteiger partial charge in [0.15, 0.2) is 0 Å². The molecule has 88 valence electrons. The summed E-state index contributed by atoms with van der Waals surface area (Å²) in [6.07, 6.45) is 2.71. The molecule has 0 bridgehead atoms. The predicted octanol–water partition coefficient (Wildman–Crippen LogP) is 3.98. The number of benzene rings is 1. The van der Waals surface area contributed by atoms with Gasteiger partial charge in [-0.2, -0.15) is 0 Å². The molecule has 1 N–H and O–H groups in total. The minimum atomic E-state index is 0.786. The van der Waals surface area contributed by atoms with Crippen LogP contribution in [0.25, 0.3) is 11.1 Å². The van der Waals surface area contributed by atoms with Crippen molar-refractivity contribution in [1.82, 2.24) is 5.32 Å². The van der Waals surface area contributed by atoms with Gasteiger partial charge in [-0.3, -0.25) is 0 Å². The average Bonchev–Trinajstić information content (AvgIpc) is 3.09. The smallest absolute Gasteiger partial charge is 0.0208 e. The molecule has 1 fully saturated rings. The molecular formula is C15H17NS. The number of hydrogen-bond acceptors (Lipinski definition) is 2. The number of hydrogen-bond donors (Lipinski definition) is 1. The average molecular weight is 243 g/mol. The predicted molar refractivity (Wildman–Crippen MR) is 74.4 cm³/mol. The van der Waals surface area contributed by atoms with E-state index in [1.54, 1.807) is 0 Å². The third kappa shape index (κ3) is 2.59. The van der Waals surface area contributed by atoms with Crippen LogP contribution in [-0.4, -0.2) is 6.04 Å². The molecular weight excluding hydrogens is 226 g/mol. The summed E-state index contributed by atoms with van der Waals surface area (Å²) in [6, 6.07) is 11.9. The summed E-state index contributed by atoms with van der Waals surface area (Å²) in [4.78, 5) is 1.40. The van der Waals surface area contributed by atoms with E-state index in [0.29, 0.717) is 0 Å². The lowest BCUT2D eigenvalue weighted by Crippen LogP contribution is -2.14. The first-order chi connectivity index (χ1) is 8.33. The normalized spacial score (nSPS) is 15.1. The topological polar surface area (TPSA) is 12.0 Å². The Balaban J connectivity index is 1.72. The molecule has 1 aliphatic rings. The van der Waals surface area contributed by atoms with Crippen LogP contribution < -0.4 is 5.32 Å². The Bertz CT molecular complexity index is 494. The molecule has 1 nitrogen and oxygen atoms in total. The Morgan fingerprint density at radius 3 is 2.53 bits per heavy atom. The standard InChI is InChI=1S/C15H17NS/c1-11-15(8-9-17-11)13-4-2-12(3-5-13)10-16-14-6-7-14/h2-5,8-9,14,16H,6-7,10H2,1H3. The summed E-state index contributed by atoms with van der Waals surface area (Å²) in [7, 11) is 0. The molecule has 0 spiro atoms. The zero-order valence-corrected chi connectivity index (χ0v) is 10.9. The lowest BCUT2D eigenvalue weighted by molar-refractivity contribution is 0.688. The monoisotopic (exact) mass is 243 g/mol. The van der Waals surface area contributed by atoms with E-state index in [9.17, 15) is 0 Å². The van der Waals surface area contributed by atoms with Crippen molar-refractivity contribution in [2.75, 3.05) is 0 Å². The Hall–Kier alpha value is -1.12. The lowest BCUT2D eigenvalue weighted by atomic mass is 10.1. The third-order valence-electron chi connectivity index (χ3n) is 3.30. The van der Waals surface area contributed by atoms with E-state index in [-0.39, 0.29) is 0 Å². The zero-order valence-electron chi connectivity index (χ0n) is 10.1. The first kappa shape index (κ1) is 11.0. The maximum Gasteiger partial charge on any atom is 0.0208 e. The van der Waals surface area contributed by atoms with Gasteiger partial charge in [0.2, 0.25) is 0 Å². The van der Waals surface area contributed by atoms with Crippen molar-refractivity contribution in [1.29, 1.82) is 0 Å². The van der Waals surface area contributed by atoms with Crippen molar-refractivity contribution in [3.05, 3.63) is 46.2 Å². The molecule has 1 heterocycles. The van der Waals surface area contributed by atoms with Gasteiger partial charge in [0, 0.05) is 17.5 Å². The van der Waals surface area contributed by atoms with Crippen molar-refractivity contribution < 1.29 is 0 Å². The van der Waals surface area contributed by atoms with E-state index < -0.39 is 0 Å². The van der Waals surface area contributed by atoms with Gasteiger partial charge in [-0.05, 0) is 47.9 Å². The van der Waals surface area contributed by atoms with Crippen LogP contribution in [0.15, 0.2) is 35.7 Å². The van der Waals surface area contributed by atoms with Crippen molar-refractivity contribution >= 4 is 11.3 Å². The highest BCUT2D eigenvalue weighted by Crippen LogP contribution is 2.27. The molecule has 0 atom stereocenters. The van der Waals surface area contributed by atoms with Crippen LogP contribution in [0, 0.1) is 6.92 Å². The van der Waals surface area contributed by atoms with Crippen LogP contribution >= 0.6 is 11.3 Å². The zero-order chi connectivity index (χ0) is 11.7. The molecule has 3 rings (SSSR count). The van der Waals surface area contributed by atoms with Gasteiger partial charge < -0.3 is 5.32 Å². The summed E-state index contributed by atoms with van der Waals surface area (Å²) in [5, 5.41) is 5.70. The molecule has 1 aromatic carbocycles. The molecule has 0 saturated heterocycles. The third-order valence-corrected chi connectivity index (χ3v) is 4.14. The van der Waals surface area contributed by atoms with Gasteiger partial charge in [0.05, 0.1) is 0 Å². The molecule has 17 heavy (non-hydrogen) atoms. The number of rotatable bonds is 4. The summed E-state index contributed by atoms with van der Waals surface area (Å²) in [5.41, 5.74) is 4.09. The van der Waals surface area contributed by atoms with E-state index >= 15 is 0 Å². The van der Waals surface area contributed by atoms with Gasteiger partial charge >= 0.3 is 0 Å². The van der Waals surface area contributed by atoms with Crippen molar-refractivity contribution in [3.8, 4) is 11.1 Å². The van der Waals surface area contributed by atoms with E-state index in [1.165, 1.54) is 34.4 Å². The SMILES string of the molecule is Cc1sccc1-c1ccc(CNC2CC2)cc1. The summed E-state index contributed by atoms with van der Waals surface area (Å²) in [6.45, 7) is 3.19. The molecule has 2 heteroatoms. The van der Waals surface area contributed by atoms with Gasteiger partial charge in [0.1, 0.15) is 0 Å². The lowest BCUT2D eigenvalue weighted by Gasteiger charge is -2.05. The summed E-state index contributed by atoms with van der Waals surface area (Å²) < 4.78 is 0. The maximum atomic E-state index is 3.54. The number of aryl methyl sites for hydroxylation is 1. The molecule has 1 aromatic heterocycles. The molecule has 1 aliphatic carbocycles. The van der Waals surface area contributed by atoms with E-state index in [2.05, 4.69) is 48.0 Å². The van der Waals surface area contributed by atoms with Gasteiger partial charge in [0.25, 0.3) is 0 Å². The molecule has 1 saturated carbocycles. The fourth-order valence-corrected chi connectivity index (χ4v) is 2.76. The fourth-order valence-electron chi connectivity index (χ4n) is 2.04. The molecule has 0 amide bonds. The Morgan fingerprint density at radius 2 is 1.94 bits per heavy atom. The minimum absolute atomic E-state index is 0.786. The number of nitrogens with one attached hydrogen (secondary N) is 1. The van der Waals surface area contributed by atoms with Crippen LogP contribution in [0.2, 0.25) is 0 Å². The van der Waals surface area contributed by atoms with Crippen LogP contribution in [0.3, 0.4) is 0 Å². The Labute approximate surface area is 106 Å². The van der Waals surface area contributed by atoms with Crippen molar-refractivity contribution in [3.63, 3.8) is 0 Å². The maximum absolute atomic E-state index is 3.54. The number of thiophene rings is 1. The van der Waals surface area contributed by atoms with Crippen molar-refractivity contribution in [2.45, 2.75) is 32.4 Å². The fraction of sp³-hybridized carbons (Fsp3) is 0.333. The van der Waals surface area contributed by atoms with Crippen LogP contribution in [0.4, 0.5) is 0 Å². The van der Waals surface area contributed by atoms with Gasteiger partial charge in [-0.15, -0.1) is 11.3 Å². The van der Waals surface area contributed by atoms with Gasteiger partial charge in [-0.1, -0.05) is 24.3 Å². The highest BCUT2D eigenvalue weighted by atomic mass is 32.1. The first-order valence-electron chi connectivity index (χ1n) is 6.20. The van der Waals surface area contributed by atoms with E-state index in [4.69, 9.17) is 0 Å². The van der Waals surface area contributed by atoms with Crippen LogP contribution in [0.5, 0.6) is 0 Å². The largest absolute Gasteiger partial charge is 0.310 e. The second kappa shape index (κ2) is 4.63. The molecule has 2 aromatic rings. The Kier molecular flexibility index (Phi) is 3.00. The second-order valence-electron chi connectivity index (χ2n) is 4.74. The second-order valence-corrected chi connectivity index (χ2v) is 5.86. The van der Waals surface area contributed by atoms with E-state index in [0.717, 1.165) is 12.6 Å².